The molecule has 0 bridgehead atoms. The van der Waals surface area contributed by atoms with Gasteiger partial charge in [-0.15, -0.1) is 0 Å². The van der Waals surface area contributed by atoms with Crippen LogP contribution in [-0.4, -0.2) is 35.1 Å². The average Bonchev–Trinajstić information content (AvgIpc) is 2.29. The fraction of sp³-hybridized carbons (Fsp3) is 0.929. The highest BCUT2D eigenvalue weighted by molar-refractivity contribution is 5.76. The summed E-state index contributed by atoms with van der Waals surface area (Å²) in [6.45, 7) is 7.11. The molecule has 0 atom stereocenters. The van der Waals surface area contributed by atoms with Crippen molar-refractivity contribution in [2.24, 2.45) is 0 Å². The Morgan fingerprint density at radius 2 is 1.76 bits per heavy atom. The molecule has 0 fully saturated rings. The molecule has 0 aromatic rings. The Morgan fingerprint density at radius 1 is 1.12 bits per heavy atom. The predicted octanol–water partition coefficient (Wildman–Crippen LogP) is 2.97. The van der Waals surface area contributed by atoms with Gasteiger partial charge in [0.05, 0.1) is 0 Å². The molecule has 0 rings (SSSR count). The van der Waals surface area contributed by atoms with E-state index in [-0.39, 0.29) is 18.6 Å². The van der Waals surface area contributed by atoms with Gasteiger partial charge in [0.15, 0.2) is 0 Å². The average molecular weight is 243 g/mol. The minimum absolute atomic E-state index is 0.160. The van der Waals surface area contributed by atoms with Crippen molar-refractivity contribution in [3.8, 4) is 0 Å². The lowest BCUT2D eigenvalue weighted by molar-refractivity contribution is -0.133. The second-order valence-corrected chi connectivity index (χ2v) is 4.92. The molecule has 1 N–H and O–H groups in total. The fourth-order valence-electron chi connectivity index (χ4n) is 1.94. The summed E-state index contributed by atoms with van der Waals surface area (Å²) in [7, 11) is 0. The molecule has 0 aliphatic carbocycles. The Kier molecular flexibility index (Phi) is 10.2. The van der Waals surface area contributed by atoms with Crippen LogP contribution in [0.15, 0.2) is 0 Å². The van der Waals surface area contributed by atoms with Crippen LogP contribution in [0.5, 0.6) is 0 Å². The van der Waals surface area contributed by atoms with Crippen LogP contribution in [0.3, 0.4) is 0 Å². The summed E-state index contributed by atoms with van der Waals surface area (Å²) in [5.74, 6) is 0.241. The zero-order valence-corrected chi connectivity index (χ0v) is 11.7. The molecular weight excluding hydrogens is 214 g/mol. The number of amides is 1. The molecule has 17 heavy (non-hydrogen) atoms. The second kappa shape index (κ2) is 10.6. The SMILES string of the molecule is CCCCCCCC(=O)N(CCCO)C(C)C. The molecule has 3 nitrogen and oxygen atoms in total. The Labute approximate surface area is 106 Å². The van der Waals surface area contributed by atoms with Gasteiger partial charge in [-0.05, 0) is 26.7 Å². The third-order valence-electron chi connectivity index (χ3n) is 3.00. The maximum absolute atomic E-state index is 12.0. The molecular formula is C14H29NO2. The minimum Gasteiger partial charge on any atom is -0.396 e. The summed E-state index contributed by atoms with van der Waals surface area (Å²) >= 11 is 0. The molecule has 102 valence electrons. The first-order valence-electron chi connectivity index (χ1n) is 7.03. The van der Waals surface area contributed by atoms with Crippen molar-refractivity contribution in [3.63, 3.8) is 0 Å². The number of hydrogen-bond donors (Lipinski definition) is 1. The van der Waals surface area contributed by atoms with Gasteiger partial charge in [-0.3, -0.25) is 4.79 Å². The van der Waals surface area contributed by atoms with E-state index in [9.17, 15) is 4.79 Å². The molecule has 0 heterocycles. The van der Waals surface area contributed by atoms with Crippen LogP contribution in [0.1, 0.15) is 65.7 Å². The van der Waals surface area contributed by atoms with Crippen LogP contribution in [0.25, 0.3) is 0 Å². The molecule has 0 unspecified atom stereocenters. The Balaban J connectivity index is 3.81. The molecule has 0 saturated heterocycles. The Morgan fingerprint density at radius 3 is 2.29 bits per heavy atom. The first kappa shape index (κ1) is 16.4. The van der Waals surface area contributed by atoms with Gasteiger partial charge < -0.3 is 10.0 Å². The van der Waals surface area contributed by atoms with E-state index in [4.69, 9.17) is 5.11 Å². The third kappa shape index (κ3) is 8.19. The van der Waals surface area contributed by atoms with E-state index in [1.54, 1.807) is 0 Å². The number of aliphatic hydroxyl groups excluding tert-OH is 1. The zero-order chi connectivity index (χ0) is 13.1. The zero-order valence-electron chi connectivity index (χ0n) is 11.7. The lowest BCUT2D eigenvalue weighted by Crippen LogP contribution is -2.37. The quantitative estimate of drug-likeness (QED) is 0.599. The summed E-state index contributed by atoms with van der Waals surface area (Å²) in [5, 5.41) is 8.81. The lowest BCUT2D eigenvalue weighted by atomic mass is 10.1. The topological polar surface area (TPSA) is 40.5 Å². The molecule has 0 aliphatic heterocycles. The van der Waals surface area contributed by atoms with Gasteiger partial charge in [0.25, 0.3) is 0 Å². The number of carbonyl (C=O) groups is 1. The molecule has 0 aromatic heterocycles. The van der Waals surface area contributed by atoms with Crippen molar-refractivity contribution in [3.05, 3.63) is 0 Å². The normalized spacial score (nSPS) is 10.9. The second-order valence-electron chi connectivity index (χ2n) is 4.92. The molecule has 3 heteroatoms. The largest absolute Gasteiger partial charge is 0.396 e. The molecule has 0 aromatic carbocycles. The van der Waals surface area contributed by atoms with Crippen LogP contribution in [0, 0.1) is 0 Å². The predicted molar refractivity (Wildman–Crippen MR) is 71.9 cm³/mol. The molecule has 0 aliphatic rings. The van der Waals surface area contributed by atoms with Crippen molar-refractivity contribution in [2.75, 3.05) is 13.2 Å². The van der Waals surface area contributed by atoms with E-state index < -0.39 is 0 Å². The van der Waals surface area contributed by atoms with Crippen LogP contribution in [0.2, 0.25) is 0 Å². The van der Waals surface area contributed by atoms with Gasteiger partial charge in [0.2, 0.25) is 5.91 Å². The van der Waals surface area contributed by atoms with Crippen molar-refractivity contribution in [1.82, 2.24) is 4.90 Å². The van der Waals surface area contributed by atoms with Crippen LogP contribution in [-0.2, 0) is 4.79 Å². The number of rotatable bonds is 10. The van der Waals surface area contributed by atoms with Gasteiger partial charge in [0.1, 0.15) is 0 Å². The number of carbonyl (C=O) groups excluding carboxylic acids is 1. The van der Waals surface area contributed by atoms with Crippen LogP contribution < -0.4 is 0 Å². The smallest absolute Gasteiger partial charge is 0.222 e. The molecule has 0 spiro atoms. The maximum atomic E-state index is 12.0. The number of unbranched alkanes of at least 4 members (excludes halogenated alkanes) is 4. The number of nitrogens with zero attached hydrogens (tertiary/aromatic N) is 1. The van der Waals surface area contributed by atoms with E-state index in [2.05, 4.69) is 6.92 Å². The standard InChI is InChI=1S/C14H29NO2/c1-4-5-6-7-8-10-14(17)15(13(2)3)11-9-12-16/h13,16H,4-12H2,1-3H3. The van der Waals surface area contributed by atoms with Gasteiger partial charge in [-0.1, -0.05) is 32.6 Å². The van der Waals surface area contributed by atoms with Crippen molar-refractivity contribution < 1.29 is 9.90 Å². The van der Waals surface area contributed by atoms with E-state index >= 15 is 0 Å². The number of aliphatic hydroxyl groups is 1. The number of hydrogen-bond acceptors (Lipinski definition) is 2. The van der Waals surface area contributed by atoms with Crippen LogP contribution in [0.4, 0.5) is 0 Å². The Hall–Kier alpha value is -0.570. The fourth-order valence-corrected chi connectivity index (χ4v) is 1.94. The summed E-state index contributed by atoms with van der Waals surface area (Å²) in [5.41, 5.74) is 0. The van der Waals surface area contributed by atoms with E-state index in [0.29, 0.717) is 19.4 Å². The first-order chi connectivity index (χ1) is 8.13. The first-order valence-corrected chi connectivity index (χ1v) is 7.03. The summed E-state index contributed by atoms with van der Waals surface area (Å²) < 4.78 is 0. The molecule has 0 saturated carbocycles. The van der Waals surface area contributed by atoms with E-state index in [0.717, 1.165) is 12.8 Å². The van der Waals surface area contributed by atoms with Gasteiger partial charge >= 0.3 is 0 Å². The van der Waals surface area contributed by atoms with Gasteiger partial charge in [0, 0.05) is 25.6 Å². The van der Waals surface area contributed by atoms with Crippen molar-refractivity contribution in [2.45, 2.75) is 71.8 Å². The van der Waals surface area contributed by atoms with Crippen molar-refractivity contribution in [1.29, 1.82) is 0 Å². The molecule has 0 radical (unpaired) electrons. The Bertz CT molecular complexity index is 193. The lowest BCUT2D eigenvalue weighted by Gasteiger charge is -2.26. The van der Waals surface area contributed by atoms with E-state index in [1.807, 2.05) is 18.7 Å². The van der Waals surface area contributed by atoms with Gasteiger partial charge in [-0.2, -0.15) is 0 Å². The highest BCUT2D eigenvalue weighted by Crippen LogP contribution is 2.09. The third-order valence-corrected chi connectivity index (χ3v) is 3.00. The minimum atomic E-state index is 0.160. The van der Waals surface area contributed by atoms with E-state index in [1.165, 1.54) is 19.3 Å². The summed E-state index contributed by atoms with van der Waals surface area (Å²) in [6.07, 6.45) is 7.25. The maximum Gasteiger partial charge on any atom is 0.222 e. The van der Waals surface area contributed by atoms with Gasteiger partial charge in [-0.25, -0.2) is 0 Å². The highest BCUT2D eigenvalue weighted by Gasteiger charge is 2.15. The summed E-state index contributed by atoms with van der Waals surface area (Å²) in [4.78, 5) is 13.9. The summed E-state index contributed by atoms with van der Waals surface area (Å²) in [6, 6.07) is 0.240. The highest BCUT2D eigenvalue weighted by atomic mass is 16.3. The van der Waals surface area contributed by atoms with Crippen molar-refractivity contribution >= 4 is 5.91 Å². The van der Waals surface area contributed by atoms with Crippen LogP contribution >= 0.6 is 0 Å². The molecule has 1 amide bonds. The monoisotopic (exact) mass is 243 g/mol.